The van der Waals surface area contributed by atoms with Gasteiger partial charge in [0.15, 0.2) is 6.61 Å². The first kappa shape index (κ1) is 27.0. The minimum atomic E-state index is -3.83. The third kappa shape index (κ3) is 7.98. The fraction of sp³-hybridized carbons (Fsp3) is 0.125. The molecule has 0 radical (unpaired) electrons. The molecule has 3 aromatic carbocycles. The number of anilines is 2. The van der Waals surface area contributed by atoms with Crippen LogP contribution in [0.1, 0.15) is 5.56 Å². The lowest BCUT2D eigenvalue weighted by molar-refractivity contribution is -0.119. The maximum Gasteiger partial charge on any atom is 0.262 e. The number of ether oxygens (including phenoxy) is 1. The zero-order valence-electron chi connectivity index (χ0n) is 19.0. The minimum absolute atomic E-state index is 0.0146. The zero-order valence-corrected chi connectivity index (χ0v) is 21.3. The number of amides is 2. The monoisotopic (exact) mass is 548 g/mol. The molecule has 0 saturated carbocycles. The summed E-state index contributed by atoms with van der Waals surface area (Å²) in [7, 11) is -3.83. The number of hydrazone groups is 1. The predicted molar refractivity (Wildman–Crippen MR) is 141 cm³/mol. The molecule has 0 saturated heterocycles. The predicted octanol–water partition coefficient (Wildman–Crippen LogP) is 3.93. The minimum Gasteiger partial charge on any atom is -0.484 e. The molecular weight excluding hydrogens is 527 g/mol. The summed E-state index contributed by atoms with van der Waals surface area (Å²) in [5.41, 5.74) is 3.67. The molecule has 0 unspecified atom stereocenters. The van der Waals surface area contributed by atoms with Gasteiger partial charge in [-0.1, -0.05) is 47.5 Å². The molecule has 2 N–H and O–H groups in total. The topological polar surface area (TPSA) is 117 Å². The van der Waals surface area contributed by atoms with Crippen LogP contribution in [0.4, 0.5) is 11.4 Å². The normalized spacial score (nSPS) is 11.2. The van der Waals surface area contributed by atoms with Crippen molar-refractivity contribution in [1.82, 2.24) is 5.43 Å². The van der Waals surface area contributed by atoms with Crippen molar-refractivity contribution in [2.24, 2.45) is 5.10 Å². The molecule has 0 aliphatic carbocycles. The van der Waals surface area contributed by atoms with E-state index < -0.39 is 22.5 Å². The lowest BCUT2D eigenvalue weighted by Gasteiger charge is -2.22. The molecule has 0 heterocycles. The number of hydrogen-bond acceptors (Lipinski definition) is 6. The molecular formula is C24H22Cl2N4O5S. The largest absolute Gasteiger partial charge is 0.484 e. The van der Waals surface area contributed by atoms with E-state index in [1.54, 1.807) is 36.4 Å². The number of nitrogens with one attached hydrogen (secondary N) is 2. The first-order valence-corrected chi connectivity index (χ1v) is 13.1. The van der Waals surface area contributed by atoms with Gasteiger partial charge in [-0.15, -0.1) is 0 Å². The Labute approximate surface area is 218 Å². The van der Waals surface area contributed by atoms with Crippen molar-refractivity contribution < 1.29 is 22.7 Å². The van der Waals surface area contributed by atoms with Crippen LogP contribution < -0.4 is 19.8 Å². The van der Waals surface area contributed by atoms with E-state index in [1.165, 1.54) is 24.4 Å². The quantitative estimate of drug-likeness (QED) is 0.294. The molecule has 0 aromatic heterocycles. The van der Waals surface area contributed by atoms with Crippen LogP contribution in [-0.4, -0.2) is 45.9 Å². The Hall–Kier alpha value is -3.60. The highest BCUT2D eigenvalue weighted by molar-refractivity contribution is 7.92. The number of halogens is 2. The maximum absolute atomic E-state index is 12.3. The Balaban J connectivity index is 1.52. The molecule has 0 aliphatic heterocycles. The lowest BCUT2D eigenvalue weighted by Crippen LogP contribution is -2.39. The Kier molecular flexibility index (Phi) is 9.29. The number of hydrogen-bond donors (Lipinski definition) is 2. The highest BCUT2D eigenvalue weighted by Gasteiger charge is 2.23. The number of sulfonamides is 1. The van der Waals surface area contributed by atoms with Crippen molar-refractivity contribution in [3.63, 3.8) is 0 Å². The molecule has 3 aromatic rings. The van der Waals surface area contributed by atoms with E-state index in [0.29, 0.717) is 17.0 Å². The SMILES string of the molecule is CS(=O)(=O)N(CC(=O)N/N=C/c1ccc(OCC(=O)Nc2ccccc2)cc1)c1cccc(Cl)c1Cl. The van der Waals surface area contributed by atoms with Gasteiger partial charge in [0.2, 0.25) is 10.0 Å². The Bertz CT molecular complexity index is 1350. The summed E-state index contributed by atoms with van der Waals surface area (Å²) in [6, 6.07) is 20.1. The van der Waals surface area contributed by atoms with Gasteiger partial charge in [-0.3, -0.25) is 13.9 Å². The fourth-order valence-electron chi connectivity index (χ4n) is 2.93. The summed E-state index contributed by atoms with van der Waals surface area (Å²) in [4.78, 5) is 24.3. The van der Waals surface area contributed by atoms with E-state index in [2.05, 4.69) is 15.8 Å². The molecule has 0 spiro atoms. The summed E-state index contributed by atoms with van der Waals surface area (Å²) in [5, 5.41) is 6.74. The first-order valence-electron chi connectivity index (χ1n) is 10.4. The van der Waals surface area contributed by atoms with Crippen LogP contribution in [0.5, 0.6) is 5.75 Å². The average molecular weight is 549 g/mol. The van der Waals surface area contributed by atoms with Crippen LogP contribution >= 0.6 is 23.2 Å². The summed E-state index contributed by atoms with van der Waals surface area (Å²) < 4.78 is 30.7. The summed E-state index contributed by atoms with van der Waals surface area (Å²) >= 11 is 12.1. The van der Waals surface area contributed by atoms with Crippen molar-refractivity contribution >= 4 is 62.6 Å². The van der Waals surface area contributed by atoms with Crippen LogP contribution in [0.2, 0.25) is 10.0 Å². The smallest absolute Gasteiger partial charge is 0.262 e. The Morgan fingerprint density at radius 3 is 2.33 bits per heavy atom. The second kappa shape index (κ2) is 12.4. The van der Waals surface area contributed by atoms with Crippen LogP contribution in [0.3, 0.4) is 0 Å². The molecule has 0 aliphatic rings. The van der Waals surface area contributed by atoms with E-state index in [4.69, 9.17) is 27.9 Å². The van der Waals surface area contributed by atoms with Crippen molar-refractivity contribution in [2.75, 3.05) is 29.0 Å². The van der Waals surface area contributed by atoms with Crippen molar-refractivity contribution in [2.45, 2.75) is 0 Å². The van der Waals surface area contributed by atoms with Gasteiger partial charge in [0, 0.05) is 5.69 Å². The van der Waals surface area contributed by atoms with Crippen LogP contribution in [0.25, 0.3) is 0 Å². The van der Waals surface area contributed by atoms with Crippen molar-refractivity contribution in [1.29, 1.82) is 0 Å². The molecule has 0 bridgehead atoms. The molecule has 36 heavy (non-hydrogen) atoms. The second-order valence-corrected chi connectivity index (χ2v) is 10.1. The average Bonchev–Trinajstić information content (AvgIpc) is 2.84. The number of carbonyl (C=O) groups is 2. The molecule has 3 rings (SSSR count). The number of rotatable bonds is 10. The number of benzene rings is 3. The maximum atomic E-state index is 12.3. The molecule has 0 atom stereocenters. The van der Waals surface area contributed by atoms with Crippen molar-refractivity contribution in [3.05, 3.63) is 88.4 Å². The van der Waals surface area contributed by atoms with Gasteiger partial charge in [0.25, 0.3) is 11.8 Å². The number of para-hydroxylation sites is 1. The second-order valence-electron chi connectivity index (χ2n) is 7.41. The highest BCUT2D eigenvalue weighted by atomic mass is 35.5. The summed E-state index contributed by atoms with van der Waals surface area (Å²) in [6.45, 7) is -0.708. The number of carbonyl (C=O) groups excluding carboxylic acids is 2. The van der Waals surface area contributed by atoms with Gasteiger partial charge in [-0.05, 0) is 54.1 Å². The van der Waals surface area contributed by atoms with Gasteiger partial charge >= 0.3 is 0 Å². The van der Waals surface area contributed by atoms with Gasteiger partial charge in [-0.25, -0.2) is 13.8 Å². The number of nitrogens with zero attached hydrogens (tertiary/aromatic N) is 2. The van der Waals surface area contributed by atoms with E-state index >= 15 is 0 Å². The lowest BCUT2D eigenvalue weighted by atomic mass is 10.2. The van der Waals surface area contributed by atoms with Gasteiger partial charge < -0.3 is 10.1 Å². The van der Waals surface area contributed by atoms with Crippen LogP contribution in [0.15, 0.2) is 77.9 Å². The highest BCUT2D eigenvalue weighted by Crippen LogP contribution is 2.33. The molecule has 0 fully saturated rings. The molecule has 12 heteroatoms. The van der Waals surface area contributed by atoms with Gasteiger partial charge in [0.05, 0.1) is 28.2 Å². The fourth-order valence-corrected chi connectivity index (χ4v) is 4.24. The van der Waals surface area contributed by atoms with E-state index in [9.17, 15) is 18.0 Å². The van der Waals surface area contributed by atoms with Gasteiger partial charge in [0.1, 0.15) is 12.3 Å². The molecule has 9 nitrogen and oxygen atoms in total. The van der Waals surface area contributed by atoms with Crippen molar-refractivity contribution in [3.8, 4) is 5.75 Å². The zero-order chi connectivity index (χ0) is 26.1. The Morgan fingerprint density at radius 1 is 0.972 bits per heavy atom. The third-order valence-electron chi connectivity index (χ3n) is 4.60. The van der Waals surface area contributed by atoms with E-state index in [1.807, 2.05) is 18.2 Å². The van der Waals surface area contributed by atoms with E-state index in [-0.39, 0.29) is 28.2 Å². The first-order chi connectivity index (χ1) is 17.1. The van der Waals surface area contributed by atoms with Crippen LogP contribution in [-0.2, 0) is 19.6 Å². The standard InChI is InChI=1S/C24H22Cl2N4O5S/c1-36(33,34)30(21-9-5-8-20(25)24(21)26)15-22(31)29-27-14-17-10-12-19(13-11-17)35-16-23(32)28-18-6-3-2-4-7-18/h2-14H,15-16H2,1H3,(H,28,32)(H,29,31)/b27-14+. The van der Waals surface area contributed by atoms with Crippen LogP contribution in [0, 0.1) is 0 Å². The van der Waals surface area contributed by atoms with Gasteiger partial charge in [-0.2, -0.15) is 5.10 Å². The third-order valence-corrected chi connectivity index (χ3v) is 6.53. The van der Waals surface area contributed by atoms with E-state index in [0.717, 1.165) is 10.6 Å². The molecule has 2 amide bonds. The molecule has 188 valence electrons. The summed E-state index contributed by atoms with van der Waals surface area (Å²) in [5.74, 6) is -0.504. The Morgan fingerprint density at radius 2 is 1.67 bits per heavy atom. The summed E-state index contributed by atoms with van der Waals surface area (Å²) in [6.07, 6.45) is 2.33.